The summed E-state index contributed by atoms with van der Waals surface area (Å²) in [5, 5.41) is 0. The van der Waals surface area contributed by atoms with Crippen molar-refractivity contribution < 1.29 is 13.3 Å². The zero-order valence-electron chi connectivity index (χ0n) is 20.6. The molecule has 0 aromatic rings. The van der Waals surface area contributed by atoms with Crippen LogP contribution in [0.5, 0.6) is 0 Å². The van der Waals surface area contributed by atoms with E-state index in [1.165, 1.54) is 101 Å². The summed E-state index contributed by atoms with van der Waals surface area (Å²) in [4.78, 5) is 0. The molecule has 29 heavy (non-hydrogen) atoms. The van der Waals surface area contributed by atoms with E-state index in [4.69, 9.17) is 13.3 Å². The lowest BCUT2D eigenvalue weighted by Gasteiger charge is -2.12. The molecule has 0 aromatic carbocycles. The van der Waals surface area contributed by atoms with Gasteiger partial charge in [0.15, 0.2) is 0 Å². The quantitative estimate of drug-likeness (QED) is 0.123. The van der Waals surface area contributed by atoms with Gasteiger partial charge in [0, 0.05) is 19.8 Å². The minimum Gasteiger partial charge on any atom is -0.376 e. The van der Waals surface area contributed by atoms with Gasteiger partial charge in [-0.1, -0.05) is 90.9 Å². The Morgan fingerprint density at radius 3 is 1.07 bits per heavy atom. The van der Waals surface area contributed by atoms with Crippen LogP contribution in [0.3, 0.4) is 0 Å². The van der Waals surface area contributed by atoms with Crippen molar-refractivity contribution in [3.63, 3.8) is 0 Å². The molecule has 0 rings (SSSR count). The van der Waals surface area contributed by atoms with Gasteiger partial charge in [-0.15, -0.1) is 0 Å². The first kappa shape index (κ1) is 31.6. The van der Waals surface area contributed by atoms with Gasteiger partial charge in [-0.25, -0.2) is 0 Å². The molecule has 5 heteroatoms. The van der Waals surface area contributed by atoms with E-state index in [0.29, 0.717) is 19.8 Å². The molecule has 0 saturated heterocycles. The average Bonchev–Trinajstić information content (AvgIpc) is 2.72. The van der Waals surface area contributed by atoms with Crippen LogP contribution in [0.1, 0.15) is 125 Å². The molecule has 0 N–H and O–H groups in total. The third-order valence-corrected chi connectivity index (χ3v) is 7.66. The average molecular weight is 451 g/mol. The maximum atomic E-state index is 5.22. The molecule has 0 saturated carbocycles. The third-order valence-electron chi connectivity index (χ3n) is 4.69. The Bertz CT molecular complexity index is 240. The van der Waals surface area contributed by atoms with Gasteiger partial charge >= 0.3 is 9.53 Å². The fraction of sp³-hybridized carbons (Fsp3) is 1.00. The molecular formula is C24H54O3SSi. The lowest BCUT2D eigenvalue weighted by Crippen LogP contribution is -2.27. The zero-order valence-corrected chi connectivity index (χ0v) is 22.6. The predicted molar refractivity (Wildman–Crippen MR) is 135 cm³/mol. The molecule has 0 radical (unpaired) electrons. The lowest BCUT2D eigenvalue weighted by molar-refractivity contribution is 0.107. The Hall–Kier alpha value is 0.447. The fourth-order valence-electron chi connectivity index (χ4n) is 2.98. The first-order valence-corrected chi connectivity index (χ1v) is 15.3. The Labute approximate surface area is 190 Å². The molecule has 0 aliphatic carbocycles. The topological polar surface area (TPSA) is 27.7 Å². The molecule has 0 aliphatic heterocycles. The largest absolute Gasteiger partial charge is 0.484 e. The SMILES string of the molecule is CCCCCCCCCSCCCCCCCCC.CCO[SiH](OCC)OCC. The van der Waals surface area contributed by atoms with E-state index < -0.39 is 9.53 Å². The summed E-state index contributed by atoms with van der Waals surface area (Å²) in [5.41, 5.74) is 0. The second kappa shape index (κ2) is 30.6. The molecular weight excluding hydrogens is 396 g/mol. The van der Waals surface area contributed by atoms with E-state index in [2.05, 4.69) is 25.6 Å². The van der Waals surface area contributed by atoms with Crippen LogP contribution >= 0.6 is 11.8 Å². The number of unbranched alkanes of at least 4 members (excludes halogenated alkanes) is 12. The Morgan fingerprint density at radius 2 is 0.759 bits per heavy atom. The highest BCUT2D eigenvalue weighted by Crippen LogP contribution is 2.13. The van der Waals surface area contributed by atoms with Crippen molar-refractivity contribution in [2.45, 2.75) is 125 Å². The second-order valence-electron chi connectivity index (χ2n) is 7.51. The molecule has 3 nitrogen and oxygen atoms in total. The summed E-state index contributed by atoms with van der Waals surface area (Å²) in [6.07, 6.45) is 20.2. The number of rotatable bonds is 22. The first-order valence-electron chi connectivity index (χ1n) is 12.7. The second-order valence-corrected chi connectivity index (χ2v) is 10.3. The lowest BCUT2D eigenvalue weighted by atomic mass is 10.1. The fourth-order valence-corrected chi connectivity index (χ4v) is 5.10. The standard InChI is InChI=1S/C18H38S.C6H16O3Si/c1-3-5-7-9-11-13-15-17-19-18-16-14-12-10-8-6-4-2;1-4-7-10(8-5-2)9-6-3/h3-18H2,1-2H3;10H,4-6H2,1-3H3. The smallest absolute Gasteiger partial charge is 0.376 e. The van der Waals surface area contributed by atoms with Crippen molar-refractivity contribution in [1.82, 2.24) is 0 Å². The van der Waals surface area contributed by atoms with Gasteiger partial charge < -0.3 is 13.3 Å². The maximum Gasteiger partial charge on any atom is 0.484 e. The van der Waals surface area contributed by atoms with E-state index in [9.17, 15) is 0 Å². The van der Waals surface area contributed by atoms with E-state index in [1.807, 2.05) is 20.8 Å². The summed E-state index contributed by atoms with van der Waals surface area (Å²) < 4.78 is 15.7. The number of hydrogen-bond acceptors (Lipinski definition) is 4. The first-order chi connectivity index (χ1) is 14.3. The van der Waals surface area contributed by atoms with Crippen LogP contribution in [-0.2, 0) is 13.3 Å². The van der Waals surface area contributed by atoms with Crippen LogP contribution in [0, 0.1) is 0 Å². The van der Waals surface area contributed by atoms with Gasteiger partial charge in [-0.3, -0.25) is 0 Å². The van der Waals surface area contributed by atoms with Crippen LogP contribution < -0.4 is 0 Å². The summed E-state index contributed by atoms with van der Waals surface area (Å²) >= 11 is 2.19. The van der Waals surface area contributed by atoms with Gasteiger partial charge in [-0.2, -0.15) is 11.8 Å². The molecule has 0 fully saturated rings. The van der Waals surface area contributed by atoms with Crippen molar-refractivity contribution in [2.24, 2.45) is 0 Å². The molecule has 0 amide bonds. The molecule has 0 unspecified atom stereocenters. The van der Waals surface area contributed by atoms with Crippen LogP contribution in [0.4, 0.5) is 0 Å². The Balaban J connectivity index is 0. The van der Waals surface area contributed by atoms with E-state index in [-0.39, 0.29) is 0 Å². The Kier molecular flexibility index (Phi) is 33.4. The highest BCUT2D eigenvalue weighted by atomic mass is 32.2. The summed E-state index contributed by atoms with van der Waals surface area (Å²) in [7, 11) is -1.73. The van der Waals surface area contributed by atoms with Crippen molar-refractivity contribution >= 4 is 21.3 Å². The van der Waals surface area contributed by atoms with Crippen molar-refractivity contribution in [1.29, 1.82) is 0 Å². The van der Waals surface area contributed by atoms with Crippen molar-refractivity contribution in [3.8, 4) is 0 Å². The number of hydrogen-bond donors (Lipinski definition) is 0. The van der Waals surface area contributed by atoms with Gasteiger partial charge in [0.1, 0.15) is 0 Å². The van der Waals surface area contributed by atoms with Crippen LogP contribution in [-0.4, -0.2) is 40.9 Å². The van der Waals surface area contributed by atoms with E-state index in [0.717, 1.165) is 0 Å². The molecule has 0 bridgehead atoms. The highest BCUT2D eigenvalue weighted by Gasteiger charge is 2.11. The van der Waals surface area contributed by atoms with Crippen LogP contribution in [0.15, 0.2) is 0 Å². The minimum atomic E-state index is -1.73. The van der Waals surface area contributed by atoms with E-state index in [1.54, 1.807) is 0 Å². The van der Waals surface area contributed by atoms with Gasteiger partial charge in [0.05, 0.1) is 0 Å². The molecule has 0 aliphatic rings. The zero-order chi connectivity index (χ0) is 21.8. The Morgan fingerprint density at radius 1 is 0.448 bits per heavy atom. The van der Waals surface area contributed by atoms with Gasteiger partial charge in [0.2, 0.25) is 0 Å². The predicted octanol–water partition coefficient (Wildman–Crippen LogP) is 8.03. The molecule has 178 valence electrons. The minimum absolute atomic E-state index is 0.677. The summed E-state index contributed by atoms with van der Waals surface area (Å²) in [6.45, 7) is 12.4. The van der Waals surface area contributed by atoms with Crippen molar-refractivity contribution in [2.75, 3.05) is 31.3 Å². The summed E-state index contributed by atoms with van der Waals surface area (Å²) in [5.74, 6) is 2.81. The molecule has 0 spiro atoms. The van der Waals surface area contributed by atoms with Crippen LogP contribution in [0.2, 0.25) is 0 Å². The molecule has 0 aromatic heterocycles. The monoisotopic (exact) mass is 450 g/mol. The maximum absolute atomic E-state index is 5.22. The molecule has 0 heterocycles. The number of thioether (sulfide) groups is 1. The molecule has 0 atom stereocenters. The van der Waals surface area contributed by atoms with Gasteiger partial charge in [-0.05, 0) is 45.1 Å². The van der Waals surface area contributed by atoms with Crippen LogP contribution in [0.25, 0.3) is 0 Å². The summed E-state index contributed by atoms with van der Waals surface area (Å²) in [6, 6.07) is 0. The normalized spacial score (nSPS) is 11.0. The van der Waals surface area contributed by atoms with E-state index >= 15 is 0 Å². The third kappa shape index (κ3) is 30.7. The highest BCUT2D eigenvalue weighted by molar-refractivity contribution is 7.99. The van der Waals surface area contributed by atoms with Crippen molar-refractivity contribution in [3.05, 3.63) is 0 Å². The van der Waals surface area contributed by atoms with Gasteiger partial charge in [0.25, 0.3) is 0 Å².